The molecule has 0 bridgehead atoms. The molecule has 0 aliphatic carbocycles. The van der Waals surface area contributed by atoms with E-state index in [0.717, 1.165) is 0 Å². The monoisotopic (exact) mass is 299 g/mol. The van der Waals surface area contributed by atoms with Crippen LogP contribution in [0.4, 0.5) is 0 Å². The van der Waals surface area contributed by atoms with E-state index in [-0.39, 0.29) is 16.5 Å². The standard InChI is InChI=1S/C13H18BrNO2/c1-8(2)11(14)7-15-13(17)10-6-4-5-9(3)12(10)16/h4-6,8,11,16H,7H2,1-3H3,(H,15,17). The number of benzene rings is 1. The second kappa shape index (κ2) is 6.05. The van der Waals surface area contributed by atoms with Gasteiger partial charge in [0.25, 0.3) is 5.91 Å². The maximum absolute atomic E-state index is 11.9. The van der Waals surface area contributed by atoms with Crippen molar-refractivity contribution in [1.82, 2.24) is 5.32 Å². The van der Waals surface area contributed by atoms with Gasteiger partial charge >= 0.3 is 0 Å². The zero-order chi connectivity index (χ0) is 13.0. The van der Waals surface area contributed by atoms with Crippen molar-refractivity contribution < 1.29 is 9.90 Å². The van der Waals surface area contributed by atoms with Crippen molar-refractivity contribution >= 4 is 21.8 Å². The number of nitrogens with one attached hydrogen (secondary N) is 1. The quantitative estimate of drug-likeness (QED) is 0.840. The van der Waals surface area contributed by atoms with Crippen molar-refractivity contribution in [2.45, 2.75) is 25.6 Å². The van der Waals surface area contributed by atoms with Crippen molar-refractivity contribution in [3.8, 4) is 5.75 Å². The number of halogens is 1. The summed E-state index contributed by atoms with van der Waals surface area (Å²) in [6.45, 7) is 6.48. The number of aryl methyl sites for hydroxylation is 1. The van der Waals surface area contributed by atoms with Gasteiger partial charge in [0.1, 0.15) is 5.75 Å². The molecule has 0 aliphatic heterocycles. The summed E-state index contributed by atoms with van der Waals surface area (Å²) in [6, 6.07) is 5.15. The average Bonchev–Trinajstić information content (AvgIpc) is 2.29. The lowest BCUT2D eigenvalue weighted by Gasteiger charge is -2.15. The Labute approximate surface area is 110 Å². The zero-order valence-electron chi connectivity index (χ0n) is 10.3. The Kier molecular flexibility index (Phi) is 5.00. The van der Waals surface area contributed by atoms with Crippen LogP contribution in [0.5, 0.6) is 5.75 Å². The third-order valence-electron chi connectivity index (χ3n) is 2.66. The minimum atomic E-state index is -0.240. The molecular formula is C13H18BrNO2. The number of carbonyl (C=O) groups is 1. The van der Waals surface area contributed by atoms with Gasteiger partial charge in [0.05, 0.1) is 5.56 Å². The Hall–Kier alpha value is -1.03. The van der Waals surface area contributed by atoms with Gasteiger partial charge in [-0.1, -0.05) is 41.9 Å². The maximum atomic E-state index is 11.9. The molecule has 17 heavy (non-hydrogen) atoms. The lowest BCUT2D eigenvalue weighted by atomic mass is 10.1. The molecule has 0 radical (unpaired) electrons. The lowest BCUT2D eigenvalue weighted by molar-refractivity contribution is 0.0950. The van der Waals surface area contributed by atoms with Gasteiger partial charge in [-0.3, -0.25) is 4.79 Å². The fourth-order valence-corrected chi connectivity index (χ4v) is 1.53. The van der Waals surface area contributed by atoms with E-state index >= 15 is 0 Å². The van der Waals surface area contributed by atoms with E-state index < -0.39 is 0 Å². The molecule has 0 heterocycles. The normalized spacial score (nSPS) is 12.5. The van der Waals surface area contributed by atoms with E-state index in [0.29, 0.717) is 23.6 Å². The number of hydrogen-bond donors (Lipinski definition) is 2. The van der Waals surface area contributed by atoms with Crippen molar-refractivity contribution in [3.63, 3.8) is 0 Å². The van der Waals surface area contributed by atoms with E-state index in [2.05, 4.69) is 35.1 Å². The Morgan fingerprint density at radius 3 is 2.71 bits per heavy atom. The predicted octanol–water partition coefficient (Wildman–Crippen LogP) is 2.85. The minimum absolute atomic E-state index is 0.0562. The van der Waals surface area contributed by atoms with Crippen LogP contribution in [0, 0.1) is 12.8 Å². The average molecular weight is 300 g/mol. The fourth-order valence-electron chi connectivity index (χ4n) is 1.36. The van der Waals surface area contributed by atoms with E-state index in [1.54, 1.807) is 25.1 Å². The van der Waals surface area contributed by atoms with Crippen molar-refractivity contribution in [2.75, 3.05) is 6.54 Å². The van der Waals surface area contributed by atoms with Gasteiger partial charge in [0.2, 0.25) is 0 Å². The third-order valence-corrected chi connectivity index (χ3v) is 4.04. The van der Waals surface area contributed by atoms with Crippen LogP contribution in [0.3, 0.4) is 0 Å². The van der Waals surface area contributed by atoms with Crippen LogP contribution < -0.4 is 5.32 Å². The predicted molar refractivity (Wildman–Crippen MR) is 72.7 cm³/mol. The molecule has 1 aromatic rings. The number of phenolic OH excluding ortho intramolecular Hbond substituents is 1. The first kappa shape index (κ1) is 14.0. The fraction of sp³-hybridized carbons (Fsp3) is 0.462. The van der Waals surface area contributed by atoms with Crippen molar-refractivity contribution in [1.29, 1.82) is 0 Å². The van der Waals surface area contributed by atoms with E-state index in [4.69, 9.17) is 0 Å². The second-order valence-electron chi connectivity index (χ2n) is 4.44. The Balaban J connectivity index is 2.68. The van der Waals surface area contributed by atoms with Crippen LogP contribution in [0.15, 0.2) is 18.2 Å². The topological polar surface area (TPSA) is 49.3 Å². The molecule has 1 atom stereocenters. The van der Waals surface area contributed by atoms with E-state index in [1.807, 2.05) is 0 Å². The molecule has 1 amide bonds. The minimum Gasteiger partial charge on any atom is -0.507 e. The molecule has 3 nitrogen and oxygen atoms in total. The van der Waals surface area contributed by atoms with Gasteiger partial charge in [-0.05, 0) is 24.5 Å². The van der Waals surface area contributed by atoms with Gasteiger partial charge in [-0.15, -0.1) is 0 Å². The largest absolute Gasteiger partial charge is 0.507 e. The number of hydrogen-bond acceptors (Lipinski definition) is 2. The molecule has 0 saturated heterocycles. The molecule has 2 N–H and O–H groups in total. The highest BCUT2D eigenvalue weighted by Gasteiger charge is 2.15. The van der Waals surface area contributed by atoms with Gasteiger partial charge in [-0.2, -0.15) is 0 Å². The first-order valence-electron chi connectivity index (χ1n) is 5.64. The first-order valence-corrected chi connectivity index (χ1v) is 6.56. The van der Waals surface area contributed by atoms with Crippen LogP contribution in [0.25, 0.3) is 0 Å². The Morgan fingerprint density at radius 2 is 2.12 bits per heavy atom. The molecule has 0 spiro atoms. The number of alkyl halides is 1. The number of amides is 1. The highest BCUT2D eigenvalue weighted by atomic mass is 79.9. The summed E-state index contributed by atoms with van der Waals surface area (Å²) in [5.41, 5.74) is 1.03. The Morgan fingerprint density at radius 1 is 1.47 bits per heavy atom. The highest BCUT2D eigenvalue weighted by molar-refractivity contribution is 9.09. The zero-order valence-corrected chi connectivity index (χ0v) is 11.9. The van der Waals surface area contributed by atoms with Gasteiger partial charge in [-0.25, -0.2) is 0 Å². The third kappa shape index (κ3) is 3.73. The van der Waals surface area contributed by atoms with Crippen LogP contribution in [-0.2, 0) is 0 Å². The van der Waals surface area contributed by atoms with Crippen molar-refractivity contribution in [2.24, 2.45) is 5.92 Å². The molecular weight excluding hydrogens is 282 g/mol. The summed E-state index contributed by atoms with van der Waals surface area (Å²) >= 11 is 3.50. The first-order chi connectivity index (χ1) is 7.93. The number of para-hydroxylation sites is 1. The van der Waals surface area contributed by atoms with Crippen LogP contribution in [0.2, 0.25) is 0 Å². The molecule has 1 unspecified atom stereocenters. The van der Waals surface area contributed by atoms with Crippen LogP contribution in [-0.4, -0.2) is 22.4 Å². The highest BCUT2D eigenvalue weighted by Crippen LogP contribution is 2.21. The maximum Gasteiger partial charge on any atom is 0.255 e. The summed E-state index contributed by atoms with van der Waals surface area (Å²) < 4.78 is 0. The summed E-state index contributed by atoms with van der Waals surface area (Å²) in [4.78, 5) is 12.1. The summed E-state index contributed by atoms with van der Waals surface area (Å²) in [5, 5.41) is 12.6. The number of phenols is 1. The molecule has 1 aromatic carbocycles. The molecule has 0 fully saturated rings. The number of carbonyl (C=O) groups excluding carboxylic acids is 1. The SMILES string of the molecule is Cc1cccc(C(=O)NCC(Br)C(C)C)c1O. The molecule has 0 aromatic heterocycles. The lowest BCUT2D eigenvalue weighted by Crippen LogP contribution is -2.31. The molecule has 0 saturated carbocycles. The molecule has 1 rings (SSSR count). The van der Waals surface area contributed by atoms with Gasteiger partial charge < -0.3 is 10.4 Å². The van der Waals surface area contributed by atoms with Crippen molar-refractivity contribution in [3.05, 3.63) is 29.3 Å². The smallest absolute Gasteiger partial charge is 0.255 e. The second-order valence-corrected chi connectivity index (χ2v) is 5.62. The van der Waals surface area contributed by atoms with Gasteiger partial charge in [0, 0.05) is 11.4 Å². The Bertz CT molecular complexity index is 404. The van der Waals surface area contributed by atoms with Gasteiger partial charge in [0.15, 0.2) is 0 Å². The summed E-state index contributed by atoms with van der Waals surface area (Å²) in [5.74, 6) is 0.262. The van der Waals surface area contributed by atoms with E-state index in [1.165, 1.54) is 0 Å². The summed E-state index contributed by atoms with van der Waals surface area (Å²) in [6.07, 6.45) is 0. The van der Waals surface area contributed by atoms with E-state index in [9.17, 15) is 9.90 Å². The number of rotatable bonds is 4. The number of aromatic hydroxyl groups is 1. The molecule has 0 aliphatic rings. The molecule has 4 heteroatoms. The summed E-state index contributed by atoms with van der Waals surface area (Å²) in [7, 11) is 0. The van der Waals surface area contributed by atoms with Crippen LogP contribution >= 0.6 is 15.9 Å². The molecule has 94 valence electrons. The van der Waals surface area contributed by atoms with Crippen LogP contribution in [0.1, 0.15) is 29.8 Å².